The van der Waals surface area contributed by atoms with Crippen molar-refractivity contribution >= 4 is 64.2 Å². The van der Waals surface area contributed by atoms with Crippen molar-refractivity contribution in [3.8, 4) is 5.75 Å². The van der Waals surface area contributed by atoms with E-state index in [0.717, 1.165) is 22.1 Å². The van der Waals surface area contributed by atoms with E-state index in [4.69, 9.17) is 4.74 Å². The number of hydrogen-bond donors (Lipinski definition) is 1. The number of amides is 1. The number of thiazole rings is 1. The molecule has 1 N–H and O–H groups in total. The standard InChI is InChI=1S/C23H25N5O5S3/c1-13-6-8-28(9-7-13)36(31,32)20-14(2)34-21-19(20)22(30)27(12-24-21)11-18(29)26-23-25-16-5-4-15(33-3)10-17(16)35-23/h4-5,10,12-13H,6-9,11H2,1-3H3,(H,25,26,29). The van der Waals surface area contributed by atoms with E-state index in [1.807, 2.05) is 6.07 Å². The first-order valence-corrected chi connectivity index (χ1v) is 14.5. The molecule has 1 aliphatic heterocycles. The largest absolute Gasteiger partial charge is 0.497 e. The highest BCUT2D eigenvalue weighted by Gasteiger charge is 2.33. The smallest absolute Gasteiger partial charge is 0.263 e. The second kappa shape index (κ2) is 9.54. The van der Waals surface area contributed by atoms with Gasteiger partial charge in [-0.25, -0.2) is 18.4 Å². The third kappa shape index (κ3) is 4.51. The summed E-state index contributed by atoms with van der Waals surface area (Å²) >= 11 is 2.46. The highest BCUT2D eigenvalue weighted by molar-refractivity contribution is 7.89. The molecule has 4 heterocycles. The summed E-state index contributed by atoms with van der Waals surface area (Å²) < 4.78 is 35.7. The van der Waals surface area contributed by atoms with Crippen molar-refractivity contribution in [2.24, 2.45) is 5.92 Å². The van der Waals surface area contributed by atoms with E-state index in [9.17, 15) is 18.0 Å². The fourth-order valence-corrected chi connectivity index (χ4v) is 8.34. The van der Waals surface area contributed by atoms with Crippen LogP contribution in [0.5, 0.6) is 5.75 Å². The highest BCUT2D eigenvalue weighted by atomic mass is 32.2. The summed E-state index contributed by atoms with van der Waals surface area (Å²) in [5.74, 6) is 0.683. The Balaban J connectivity index is 1.43. The summed E-state index contributed by atoms with van der Waals surface area (Å²) in [6.45, 7) is 4.31. The SMILES string of the molecule is COc1ccc2nc(NC(=O)Cn3cnc4sc(C)c(S(=O)(=O)N5CCC(C)CC5)c4c3=O)sc2c1. The van der Waals surface area contributed by atoms with Crippen molar-refractivity contribution in [3.05, 3.63) is 39.8 Å². The maximum atomic E-state index is 13.5. The average molecular weight is 548 g/mol. The van der Waals surface area contributed by atoms with Crippen molar-refractivity contribution < 1.29 is 17.9 Å². The summed E-state index contributed by atoms with van der Waals surface area (Å²) in [5, 5.41) is 3.14. The van der Waals surface area contributed by atoms with Crippen LogP contribution in [0.4, 0.5) is 5.13 Å². The van der Waals surface area contributed by atoms with Gasteiger partial charge in [0.2, 0.25) is 15.9 Å². The number of aryl methyl sites for hydroxylation is 1. The molecule has 1 amide bonds. The Bertz CT molecular complexity index is 1630. The first kappa shape index (κ1) is 24.8. The van der Waals surface area contributed by atoms with Crippen LogP contribution < -0.4 is 15.6 Å². The Morgan fingerprint density at radius 1 is 1.25 bits per heavy atom. The molecule has 1 saturated heterocycles. The number of fused-ring (bicyclic) bond motifs is 2. The molecule has 4 aromatic rings. The molecule has 0 bridgehead atoms. The molecule has 190 valence electrons. The topological polar surface area (TPSA) is 123 Å². The van der Waals surface area contributed by atoms with E-state index in [0.29, 0.717) is 45.1 Å². The van der Waals surface area contributed by atoms with E-state index < -0.39 is 21.5 Å². The van der Waals surface area contributed by atoms with Crippen LogP contribution in [-0.4, -0.2) is 53.4 Å². The molecule has 10 nitrogen and oxygen atoms in total. The van der Waals surface area contributed by atoms with Crippen molar-refractivity contribution in [2.45, 2.75) is 38.1 Å². The maximum Gasteiger partial charge on any atom is 0.263 e. The van der Waals surface area contributed by atoms with Crippen LogP contribution >= 0.6 is 22.7 Å². The second-order valence-corrected chi connectivity index (χ2v) is 12.9. The maximum absolute atomic E-state index is 13.5. The average Bonchev–Trinajstić information content (AvgIpc) is 3.40. The predicted molar refractivity (Wildman–Crippen MR) is 141 cm³/mol. The Kier molecular flexibility index (Phi) is 6.57. The Hall–Kier alpha value is -2.87. The normalized spacial score (nSPS) is 15.5. The predicted octanol–water partition coefficient (Wildman–Crippen LogP) is 3.44. The monoisotopic (exact) mass is 547 g/mol. The van der Waals surface area contributed by atoms with Crippen molar-refractivity contribution in [2.75, 3.05) is 25.5 Å². The van der Waals surface area contributed by atoms with Crippen LogP contribution in [0.2, 0.25) is 0 Å². The molecule has 1 fully saturated rings. The van der Waals surface area contributed by atoms with E-state index in [1.54, 1.807) is 26.2 Å². The second-order valence-electron chi connectivity index (χ2n) is 8.83. The number of carbonyl (C=O) groups is 1. The number of nitrogens with one attached hydrogen (secondary N) is 1. The molecule has 0 aliphatic carbocycles. The summed E-state index contributed by atoms with van der Waals surface area (Å²) in [7, 11) is -2.29. The van der Waals surface area contributed by atoms with Crippen LogP contribution in [0.25, 0.3) is 20.4 Å². The summed E-state index contributed by atoms with van der Waals surface area (Å²) in [5.41, 5.74) is 0.157. The first-order chi connectivity index (χ1) is 17.2. The lowest BCUT2D eigenvalue weighted by Crippen LogP contribution is -2.38. The molecular formula is C23H25N5O5S3. The summed E-state index contributed by atoms with van der Waals surface area (Å²) in [6, 6.07) is 5.41. The number of anilines is 1. The third-order valence-corrected chi connectivity index (χ3v) is 10.4. The third-order valence-electron chi connectivity index (χ3n) is 6.30. The number of thiophene rings is 1. The van der Waals surface area contributed by atoms with Gasteiger partial charge in [0.1, 0.15) is 22.0 Å². The molecule has 1 aliphatic rings. The van der Waals surface area contributed by atoms with E-state index in [-0.39, 0.29) is 16.8 Å². The lowest BCUT2D eigenvalue weighted by Gasteiger charge is -2.29. The number of sulfonamides is 1. The fraction of sp³-hybridized carbons (Fsp3) is 0.391. The van der Waals surface area contributed by atoms with Gasteiger partial charge < -0.3 is 10.1 Å². The van der Waals surface area contributed by atoms with Gasteiger partial charge in [0.05, 0.1) is 29.0 Å². The van der Waals surface area contributed by atoms with E-state index >= 15 is 0 Å². The number of rotatable bonds is 6. The molecule has 0 unspecified atom stereocenters. The number of aromatic nitrogens is 3. The van der Waals surface area contributed by atoms with Crippen LogP contribution in [0, 0.1) is 12.8 Å². The van der Waals surface area contributed by atoms with Crippen LogP contribution in [-0.2, 0) is 21.4 Å². The molecule has 0 spiro atoms. The molecule has 1 aromatic carbocycles. The molecule has 0 radical (unpaired) electrons. The van der Waals surface area contributed by atoms with Crippen LogP contribution in [0.3, 0.4) is 0 Å². The number of hydrogen-bond acceptors (Lipinski definition) is 9. The Morgan fingerprint density at radius 2 is 2.00 bits per heavy atom. The molecule has 5 rings (SSSR count). The van der Waals surface area contributed by atoms with Crippen molar-refractivity contribution in [1.82, 2.24) is 18.8 Å². The summed E-state index contributed by atoms with van der Waals surface area (Å²) in [6.07, 6.45) is 2.84. The quantitative estimate of drug-likeness (QED) is 0.392. The van der Waals surface area contributed by atoms with Gasteiger partial charge in [0.15, 0.2) is 5.13 Å². The lowest BCUT2D eigenvalue weighted by molar-refractivity contribution is -0.116. The Labute approximate surface area is 215 Å². The first-order valence-electron chi connectivity index (χ1n) is 11.4. The lowest BCUT2D eigenvalue weighted by atomic mass is 10.0. The zero-order valence-electron chi connectivity index (χ0n) is 20.0. The number of piperidine rings is 1. The van der Waals surface area contributed by atoms with Crippen LogP contribution in [0.1, 0.15) is 24.6 Å². The molecule has 0 atom stereocenters. The van der Waals surface area contributed by atoms with E-state index in [2.05, 4.69) is 22.2 Å². The molecular weight excluding hydrogens is 522 g/mol. The molecule has 36 heavy (non-hydrogen) atoms. The van der Waals surface area contributed by atoms with Gasteiger partial charge in [-0.05, 0) is 43.9 Å². The van der Waals surface area contributed by atoms with E-state index in [1.165, 1.54) is 33.3 Å². The van der Waals surface area contributed by atoms with Gasteiger partial charge in [0.25, 0.3) is 5.56 Å². The van der Waals surface area contributed by atoms with Gasteiger partial charge in [-0.15, -0.1) is 11.3 Å². The van der Waals surface area contributed by atoms with Crippen molar-refractivity contribution in [1.29, 1.82) is 0 Å². The zero-order chi connectivity index (χ0) is 25.6. The number of nitrogens with zero attached hydrogens (tertiary/aromatic N) is 4. The van der Waals surface area contributed by atoms with Gasteiger partial charge >= 0.3 is 0 Å². The highest BCUT2D eigenvalue weighted by Crippen LogP contribution is 2.34. The summed E-state index contributed by atoms with van der Waals surface area (Å²) in [4.78, 5) is 35.7. The minimum absolute atomic E-state index is 0.00410. The fourth-order valence-electron chi connectivity index (χ4n) is 4.29. The minimum atomic E-state index is -3.86. The Morgan fingerprint density at radius 3 is 2.72 bits per heavy atom. The molecule has 3 aromatic heterocycles. The molecule has 13 heteroatoms. The number of ether oxygens (including phenoxy) is 1. The van der Waals surface area contributed by atoms with Gasteiger partial charge in [0, 0.05) is 18.0 Å². The van der Waals surface area contributed by atoms with Gasteiger partial charge in [-0.2, -0.15) is 4.31 Å². The number of carbonyl (C=O) groups excluding carboxylic acids is 1. The van der Waals surface area contributed by atoms with Crippen molar-refractivity contribution in [3.63, 3.8) is 0 Å². The van der Waals surface area contributed by atoms with Gasteiger partial charge in [-0.1, -0.05) is 18.3 Å². The zero-order valence-corrected chi connectivity index (χ0v) is 22.4. The van der Waals surface area contributed by atoms with Gasteiger partial charge in [-0.3, -0.25) is 14.2 Å². The van der Waals surface area contributed by atoms with Crippen LogP contribution in [0.15, 0.2) is 34.2 Å². The number of benzene rings is 1. The minimum Gasteiger partial charge on any atom is -0.497 e. The number of methoxy groups -OCH3 is 1. The molecule has 0 saturated carbocycles.